The molecule has 1 aromatic heterocycles. The van der Waals surface area contributed by atoms with Gasteiger partial charge in [-0.2, -0.15) is 4.31 Å². The number of nitrogens with zero attached hydrogens (tertiary/aromatic N) is 2. The van der Waals surface area contributed by atoms with E-state index < -0.39 is 27.1 Å². The van der Waals surface area contributed by atoms with Crippen molar-refractivity contribution in [2.45, 2.75) is 63.7 Å². The second kappa shape index (κ2) is 5.34. The van der Waals surface area contributed by atoms with E-state index in [9.17, 15) is 13.2 Å². The minimum Gasteiger partial charge on any atom is -0.455 e. The molecule has 1 aliphatic heterocycles. The van der Waals surface area contributed by atoms with Crippen LogP contribution in [0.4, 0.5) is 0 Å². The molecular weight excluding hydrogens is 308 g/mol. The summed E-state index contributed by atoms with van der Waals surface area (Å²) >= 11 is 0. The van der Waals surface area contributed by atoms with Gasteiger partial charge in [0.15, 0.2) is 5.69 Å². The highest BCUT2D eigenvalue weighted by Crippen LogP contribution is 2.34. The summed E-state index contributed by atoms with van der Waals surface area (Å²) in [5, 5.41) is 3.20. The van der Waals surface area contributed by atoms with E-state index in [0.29, 0.717) is 6.54 Å². The maximum absolute atomic E-state index is 12.6. The van der Waals surface area contributed by atoms with Crippen molar-refractivity contribution in [1.82, 2.24) is 9.46 Å². The van der Waals surface area contributed by atoms with Crippen LogP contribution in [0.3, 0.4) is 0 Å². The first kappa shape index (κ1) is 17.0. The third-order valence-corrected chi connectivity index (χ3v) is 5.42. The Bertz CT molecular complexity index is 670. The maximum atomic E-state index is 12.6. The first-order chi connectivity index (χ1) is 9.93. The van der Waals surface area contributed by atoms with Gasteiger partial charge in [-0.1, -0.05) is 5.16 Å². The molecule has 0 atom stereocenters. The summed E-state index contributed by atoms with van der Waals surface area (Å²) in [7, 11) is -3.81. The lowest BCUT2D eigenvalue weighted by molar-refractivity contribution is 0.00585. The molecule has 0 bridgehead atoms. The fraction of sp³-hybridized carbons (Fsp3) is 0.714. The van der Waals surface area contributed by atoms with Crippen molar-refractivity contribution in [3.63, 3.8) is 0 Å². The van der Waals surface area contributed by atoms with Gasteiger partial charge in [-0.15, -0.1) is 0 Å². The summed E-state index contributed by atoms with van der Waals surface area (Å²) in [5.41, 5.74) is -1.31. The van der Waals surface area contributed by atoms with Crippen molar-refractivity contribution < 1.29 is 22.5 Å². The molecule has 1 saturated heterocycles. The SMILES string of the molecule is CC(C)(C)OC(=O)c1cc(S(=O)(=O)N2CCCC2(C)C)on1. The monoisotopic (exact) mass is 330 g/mol. The molecular formula is C14H22N2O5S. The highest BCUT2D eigenvalue weighted by atomic mass is 32.2. The van der Waals surface area contributed by atoms with Crippen LogP contribution in [0.1, 0.15) is 57.9 Å². The molecule has 0 unspecified atom stereocenters. The fourth-order valence-corrected chi connectivity index (χ4v) is 4.16. The van der Waals surface area contributed by atoms with Crippen LogP contribution in [-0.4, -0.2) is 41.5 Å². The van der Waals surface area contributed by atoms with Gasteiger partial charge in [-0.3, -0.25) is 0 Å². The Morgan fingerprint density at radius 2 is 2.05 bits per heavy atom. The number of ether oxygens (including phenoxy) is 1. The summed E-state index contributed by atoms with van der Waals surface area (Å²) < 4.78 is 36.6. The minimum absolute atomic E-state index is 0.148. The summed E-state index contributed by atoms with van der Waals surface area (Å²) in [6, 6.07) is 1.12. The van der Waals surface area contributed by atoms with Gasteiger partial charge in [0.05, 0.1) is 0 Å². The third kappa shape index (κ3) is 3.33. The standard InChI is InChI=1S/C14H22N2O5S/c1-13(2,3)20-12(17)10-9-11(21-15-10)22(18,19)16-8-6-7-14(16,4)5/h9H,6-8H2,1-5H3. The average molecular weight is 330 g/mol. The molecule has 0 radical (unpaired) electrons. The zero-order valence-corrected chi connectivity index (χ0v) is 14.4. The van der Waals surface area contributed by atoms with Gasteiger partial charge in [0.2, 0.25) is 0 Å². The minimum atomic E-state index is -3.81. The van der Waals surface area contributed by atoms with Gasteiger partial charge in [-0.25, -0.2) is 13.2 Å². The van der Waals surface area contributed by atoms with Crippen molar-refractivity contribution in [1.29, 1.82) is 0 Å². The molecule has 7 nitrogen and oxygen atoms in total. The van der Waals surface area contributed by atoms with E-state index in [-0.39, 0.29) is 10.8 Å². The van der Waals surface area contributed by atoms with Gasteiger partial charge in [0, 0.05) is 18.2 Å². The molecule has 0 amide bonds. The van der Waals surface area contributed by atoms with E-state index >= 15 is 0 Å². The summed E-state index contributed by atoms with van der Waals surface area (Å²) in [6.07, 6.45) is 1.57. The van der Waals surface area contributed by atoms with Crippen molar-refractivity contribution >= 4 is 16.0 Å². The predicted octanol–water partition coefficient (Wildman–Crippen LogP) is 2.19. The lowest BCUT2D eigenvalue weighted by Gasteiger charge is -2.29. The molecule has 1 aliphatic rings. The lowest BCUT2D eigenvalue weighted by Crippen LogP contribution is -2.42. The molecule has 22 heavy (non-hydrogen) atoms. The van der Waals surface area contributed by atoms with Gasteiger partial charge in [0.1, 0.15) is 5.60 Å². The van der Waals surface area contributed by atoms with Crippen molar-refractivity contribution in [3.05, 3.63) is 11.8 Å². The van der Waals surface area contributed by atoms with Crippen LogP contribution in [0.25, 0.3) is 0 Å². The van der Waals surface area contributed by atoms with E-state index in [0.717, 1.165) is 18.9 Å². The molecule has 0 spiro atoms. The van der Waals surface area contributed by atoms with Crippen molar-refractivity contribution in [2.75, 3.05) is 6.54 Å². The molecule has 0 aromatic carbocycles. The molecule has 0 aliphatic carbocycles. The highest BCUT2D eigenvalue weighted by Gasteiger charge is 2.43. The zero-order valence-electron chi connectivity index (χ0n) is 13.5. The van der Waals surface area contributed by atoms with E-state index in [1.54, 1.807) is 20.8 Å². The largest absolute Gasteiger partial charge is 0.455 e. The van der Waals surface area contributed by atoms with Crippen molar-refractivity contribution in [3.8, 4) is 0 Å². The molecule has 8 heteroatoms. The quantitative estimate of drug-likeness (QED) is 0.789. The maximum Gasteiger partial charge on any atom is 0.361 e. The molecule has 0 saturated carbocycles. The Hall–Kier alpha value is -1.41. The number of esters is 1. The Labute approximate surface area is 130 Å². The van der Waals surface area contributed by atoms with Crippen LogP contribution in [0.15, 0.2) is 15.7 Å². The van der Waals surface area contributed by atoms with Crippen LogP contribution in [0.5, 0.6) is 0 Å². The summed E-state index contributed by atoms with van der Waals surface area (Å²) in [6.45, 7) is 9.31. The van der Waals surface area contributed by atoms with Gasteiger partial charge in [-0.05, 0) is 47.5 Å². The number of hydrogen-bond acceptors (Lipinski definition) is 6. The predicted molar refractivity (Wildman–Crippen MR) is 78.9 cm³/mol. The summed E-state index contributed by atoms with van der Waals surface area (Å²) in [4.78, 5) is 11.9. The van der Waals surface area contributed by atoms with Gasteiger partial charge in [0.25, 0.3) is 15.1 Å². The Morgan fingerprint density at radius 1 is 1.41 bits per heavy atom. The second-order valence-electron chi connectivity index (χ2n) is 7.03. The Balaban J connectivity index is 2.26. The number of rotatable bonds is 3. The first-order valence-electron chi connectivity index (χ1n) is 7.16. The lowest BCUT2D eigenvalue weighted by atomic mass is 10.0. The molecule has 124 valence electrons. The second-order valence-corrected chi connectivity index (χ2v) is 8.82. The van der Waals surface area contributed by atoms with E-state index in [2.05, 4.69) is 5.16 Å². The Morgan fingerprint density at radius 3 is 2.55 bits per heavy atom. The normalized spacial score (nSPS) is 19.3. The topological polar surface area (TPSA) is 89.7 Å². The van der Waals surface area contributed by atoms with Crippen molar-refractivity contribution in [2.24, 2.45) is 0 Å². The molecule has 1 fully saturated rings. The van der Waals surface area contributed by atoms with E-state index in [1.807, 2.05) is 13.8 Å². The van der Waals surface area contributed by atoms with Gasteiger partial charge < -0.3 is 9.26 Å². The molecule has 1 aromatic rings. The van der Waals surface area contributed by atoms with Crippen LogP contribution < -0.4 is 0 Å². The number of carbonyl (C=O) groups is 1. The average Bonchev–Trinajstić information content (AvgIpc) is 2.92. The fourth-order valence-electron chi connectivity index (χ4n) is 2.44. The summed E-state index contributed by atoms with van der Waals surface area (Å²) in [5.74, 6) is -0.710. The number of aromatic nitrogens is 1. The van der Waals surface area contributed by atoms with Crippen LogP contribution in [0.2, 0.25) is 0 Å². The molecule has 2 rings (SSSR count). The molecule has 0 N–H and O–H groups in total. The molecule has 2 heterocycles. The van der Waals surface area contributed by atoms with Crippen LogP contribution in [0, 0.1) is 0 Å². The van der Waals surface area contributed by atoms with Crippen LogP contribution >= 0.6 is 0 Å². The number of carbonyl (C=O) groups excluding carboxylic acids is 1. The third-order valence-electron chi connectivity index (χ3n) is 3.47. The number of hydrogen-bond donors (Lipinski definition) is 0. The smallest absolute Gasteiger partial charge is 0.361 e. The highest BCUT2D eigenvalue weighted by molar-refractivity contribution is 7.89. The van der Waals surface area contributed by atoms with Crippen LogP contribution in [-0.2, 0) is 14.8 Å². The van der Waals surface area contributed by atoms with E-state index in [1.165, 1.54) is 4.31 Å². The van der Waals surface area contributed by atoms with E-state index in [4.69, 9.17) is 9.26 Å². The zero-order chi connectivity index (χ0) is 16.8. The first-order valence-corrected chi connectivity index (χ1v) is 8.60. The number of sulfonamides is 1. The van der Waals surface area contributed by atoms with Gasteiger partial charge >= 0.3 is 5.97 Å². The Kier molecular flexibility index (Phi) is 4.12.